The first kappa shape index (κ1) is 32.9. The van der Waals surface area contributed by atoms with E-state index in [2.05, 4.69) is 0 Å². The van der Waals surface area contributed by atoms with Crippen molar-refractivity contribution >= 4 is 31.7 Å². The minimum absolute atomic E-state index is 0.0571. The van der Waals surface area contributed by atoms with Crippen molar-refractivity contribution in [1.29, 1.82) is 0 Å². The van der Waals surface area contributed by atoms with Gasteiger partial charge in [0.1, 0.15) is 11.7 Å². The lowest BCUT2D eigenvalue weighted by molar-refractivity contribution is -0.314. The number of ether oxygens (including phenoxy) is 5. The normalized spacial score (nSPS) is 22.5. The SMILES string of the molecule is CC(=O)O[C@@H]1[C@H](OC(C)=O)[C@@H](OP(=O)(O)O)O[C@H](C(Cc2ccccc2)(Cc2ccccc2)OC(C)=O)[C@@H]1OC(C)=O. The van der Waals surface area contributed by atoms with Gasteiger partial charge in [-0.1, -0.05) is 60.7 Å². The Morgan fingerprint density at radius 1 is 0.714 bits per heavy atom. The Balaban J connectivity index is 2.31. The zero-order chi connectivity index (χ0) is 31.1. The van der Waals surface area contributed by atoms with Gasteiger partial charge < -0.3 is 33.5 Å². The standard InChI is InChI=1S/C28H33O13P/c1-17(29)36-23-24(37-18(2)30)26(39-27(41-42(33,34)35)25(23)38-19(3)31)28(40-20(4)32,15-21-11-7-5-8-12-21)16-22-13-9-6-10-14-22/h5-14,23-27H,15-16H2,1-4H3,(H2,33,34,35)/t23-,24+,25-,26-,27+/m0/s1. The van der Waals surface area contributed by atoms with Crippen LogP contribution < -0.4 is 0 Å². The second-order valence-electron chi connectivity index (χ2n) is 9.73. The summed E-state index contributed by atoms with van der Waals surface area (Å²) in [6.07, 6.45) is -8.87. The third-order valence-electron chi connectivity index (χ3n) is 6.20. The minimum atomic E-state index is -5.33. The predicted octanol–water partition coefficient (Wildman–Crippen LogP) is 2.40. The van der Waals surface area contributed by atoms with E-state index in [1.165, 1.54) is 0 Å². The van der Waals surface area contributed by atoms with Gasteiger partial charge in [-0.3, -0.25) is 23.7 Å². The molecule has 0 aliphatic carbocycles. The van der Waals surface area contributed by atoms with E-state index in [0.29, 0.717) is 11.1 Å². The summed E-state index contributed by atoms with van der Waals surface area (Å²) in [4.78, 5) is 68.8. The molecule has 2 N–H and O–H groups in total. The Labute approximate surface area is 242 Å². The predicted molar refractivity (Wildman–Crippen MR) is 143 cm³/mol. The van der Waals surface area contributed by atoms with E-state index >= 15 is 0 Å². The van der Waals surface area contributed by atoms with Gasteiger partial charge in [0.05, 0.1) is 0 Å². The highest BCUT2D eigenvalue weighted by molar-refractivity contribution is 7.46. The summed E-state index contributed by atoms with van der Waals surface area (Å²) in [5, 5.41) is 0. The molecule has 2 aromatic carbocycles. The minimum Gasteiger partial charge on any atom is -0.456 e. The maximum absolute atomic E-state index is 12.7. The van der Waals surface area contributed by atoms with Crippen LogP contribution in [0.25, 0.3) is 0 Å². The molecule has 0 radical (unpaired) electrons. The number of hydrogen-bond acceptors (Lipinski definition) is 11. The van der Waals surface area contributed by atoms with Crippen LogP contribution in [0.4, 0.5) is 0 Å². The molecule has 0 bridgehead atoms. The Hall–Kier alpha value is -3.61. The quantitative estimate of drug-likeness (QED) is 0.216. The van der Waals surface area contributed by atoms with E-state index in [0.717, 1.165) is 27.7 Å². The molecule has 1 aliphatic heterocycles. The molecule has 0 spiro atoms. The topological polar surface area (TPSA) is 181 Å². The molecule has 13 nitrogen and oxygen atoms in total. The Kier molecular flexibility index (Phi) is 11.0. The number of hydrogen-bond donors (Lipinski definition) is 2. The van der Waals surface area contributed by atoms with Gasteiger partial charge in [-0.15, -0.1) is 0 Å². The summed E-state index contributed by atoms with van der Waals surface area (Å²) in [7, 11) is -5.33. The van der Waals surface area contributed by atoms with Gasteiger partial charge in [-0.2, -0.15) is 0 Å². The second-order valence-corrected chi connectivity index (χ2v) is 10.9. The lowest BCUT2D eigenvalue weighted by Gasteiger charge is -2.50. The maximum Gasteiger partial charge on any atom is 0.472 e. The Morgan fingerprint density at radius 2 is 1.14 bits per heavy atom. The molecule has 0 aromatic heterocycles. The van der Waals surface area contributed by atoms with Gasteiger partial charge in [0.15, 0.2) is 18.3 Å². The second kappa shape index (κ2) is 14.0. The number of benzene rings is 2. The Morgan fingerprint density at radius 3 is 1.55 bits per heavy atom. The monoisotopic (exact) mass is 608 g/mol. The molecule has 3 rings (SSSR count). The summed E-state index contributed by atoms with van der Waals surface area (Å²) >= 11 is 0. The molecule has 42 heavy (non-hydrogen) atoms. The fourth-order valence-electron chi connectivity index (χ4n) is 4.98. The summed E-state index contributed by atoms with van der Waals surface area (Å²) < 4.78 is 45.2. The number of carbonyl (C=O) groups excluding carboxylic acids is 4. The van der Waals surface area contributed by atoms with E-state index in [1.54, 1.807) is 60.7 Å². The first-order valence-electron chi connectivity index (χ1n) is 12.9. The summed E-state index contributed by atoms with van der Waals surface area (Å²) in [6, 6.07) is 17.6. The molecule has 5 atom stereocenters. The summed E-state index contributed by atoms with van der Waals surface area (Å²) in [6.45, 7) is 4.26. The van der Waals surface area contributed by atoms with Crippen molar-refractivity contribution in [1.82, 2.24) is 0 Å². The van der Waals surface area contributed by atoms with Crippen LogP contribution >= 0.6 is 7.82 Å². The average molecular weight is 609 g/mol. The van der Waals surface area contributed by atoms with Crippen molar-refractivity contribution in [3.63, 3.8) is 0 Å². The molecule has 14 heteroatoms. The van der Waals surface area contributed by atoms with Crippen LogP contribution in [0.2, 0.25) is 0 Å². The van der Waals surface area contributed by atoms with E-state index in [4.69, 9.17) is 28.2 Å². The van der Waals surface area contributed by atoms with Crippen molar-refractivity contribution < 1.29 is 61.7 Å². The number of carbonyl (C=O) groups is 4. The first-order chi connectivity index (χ1) is 19.7. The molecule has 1 saturated heterocycles. The fraction of sp³-hybridized carbons (Fsp3) is 0.429. The van der Waals surface area contributed by atoms with Crippen LogP contribution in [0.3, 0.4) is 0 Å². The lowest BCUT2D eigenvalue weighted by atomic mass is 9.77. The molecule has 0 saturated carbocycles. The molecule has 0 amide bonds. The third-order valence-corrected chi connectivity index (χ3v) is 6.68. The molecule has 0 unspecified atom stereocenters. The van der Waals surface area contributed by atoms with Crippen LogP contribution in [-0.2, 0) is 64.8 Å². The smallest absolute Gasteiger partial charge is 0.456 e. The summed E-state index contributed by atoms with van der Waals surface area (Å²) in [5.41, 5.74) is -0.456. The Bertz CT molecular complexity index is 1250. The lowest BCUT2D eigenvalue weighted by Crippen LogP contribution is -2.69. The molecule has 2 aromatic rings. The number of phosphoric acid groups is 1. The van der Waals surface area contributed by atoms with Gasteiger partial charge in [-0.25, -0.2) is 4.57 Å². The van der Waals surface area contributed by atoms with E-state index in [-0.39, 0.29) is 12.8 Å². The highest BCUT2D eigenvalue weighted by Gasteiger charge is 2.61. The molecule has 1 fully saturated rings. The van der Waals surface area contributed by atoms with Crippen molar-refractivity contribution in [2.75, 3.05) is 0 Å². The summed E-state index contributed by atoms with van der Waals surface area (Å²) in [5.74, 6) is -3.47. The van der Waals surface area contributed by atoms with Gasteiger partial charge in [0, 0.05) is 40.5 Å². The van der Waals surface area contributed by atoms with E-state index < -0.39 is 68.0 Å². The zero-order valence-electron chi connectivity index (χ0n) is 23.4. The van der Waals surface area contributed by atoms with Crippen molar-refractivity contribution in [3.05, 3.63) is 71.8 Å². The largest absolute Gasteiger partial charge is 0.472 e. The highest BCUT2D eigenvalue weighted by atomic mass is 31.2. The fourth-order valence-corrected chi connectivity index (χ4v) is 5.42. The van der Waals surface area contributed by atoms with Crippen LogP contribution in [0.15, 0.2) is 60.7 Å². The van der Waals surface area contributed by atoms with Gasteiger partial charge in [0.2, 0.25) is 6.29 Å². The van der Waals surface area contributed by atoms with Crippen LogP contribution in [0, 0.1) is 0 Å². The number of esters is 4. The number of rotatable bonds is 11. The maximum atomic E-state index is 12.7. The number of phosphoric ester groups is 1. The third kappa shape index (κ3) is 9.20. The molecular formula is C28H33O13P. The molecule has 228 valence electrons. The average Bonchev–Trinajstić information content (AvgIpc) is 2.86. The molecular weight excluding hydrogens is 575 g/mol. The van der Waals surface area contributed by atoms with Crippen LogP contribution in [0.5, 0.6) is 0 Å². The highest BCUT2D eigenvalue weighted by Crippen LogP contribution is 2.45. The van der Waals surface area contributed by atoms with Crippen LogP contribution in [-0.4, -0.2) is 70.0 Å². The van der Waals surface area contributed by atoms with Crippen molar-refractivity contribution in [2.45, 2.75) is 76.8 Å². The zero-order valence-corrected chi connectivity index (χ0v) is 24.3. The van der Waals surface area contributed by atoms with Crippen molar-refractivity contribution in [3.8, 4) is 0 Å². The molecule has 1 heterocycles. The van der Waals surface area contributed by atoms with Gasteiger partial charge in [-0.05, 0) is 11.1 Å². The van der Waals surface area contributed by atoms with Gasteiger partial charge >= 0.3 is 31.7 Å². The van der Waals surface area contributed by atoms with E-state index in [1.807, 2.05) is 0 Å². The first-order valence-corrected chi connectivity index (χ1v) is 14.4. The van der Waals surface area contributed by atoms with E-state index in [9.17, 15) is 33.5 Å². The van der Waals surface area contributed by atoms with Crippen LogP contribution in [0.1, 0.15) is 38.8 Å². The van der Waals surface area contributed by atoms with Crippen molar-refractivity contribution in [2.24, 2.45) is 0 Å². The molecule has 1 aliphatic rings. The van der Waals surface area contributed by atoms with Gasteiger partial charge in [0.25, 0.3) is 0 Å².